The third-order valence-corrected chi connectivity index (χ3v) is 2.89. The quantitative estimate of drug-likeness (QED) is 0.697. The second-order valence-electron chi connectivity index (χ2n) is 4.13. The van der Waals surface area contributed by atoms with Gasteiger partial charge in [0.05, 0.1) is 11.8 Å². The summed E-state index contributed by atoms with van der Waals surface area (Å²) in [5.74, 6) is 0.388. The number of anilines is 1. The first kappa shape index (κ1) is 11.3. The molecule has 0 bridgehead atoms. The summed E-state index contributed by atoms with van der Waals surface area (Å²) in [5, 5.41) is 4.20. The molecule has 6 heteroatoms. The Kier molecular flexibility index (Phi) is 2.49. The molecule has 1 aromatic rings. The molecule has 0 fully saturated rings. The van der Waals surface area contributed by atoms with Gasteiger partial charge in [0.2, 0.25) is 5.95 Å². The van der Waals surface area contributed by atoms with Crippen LogP contribution in [0.25, 0.3) is 22.5 Å². The van der Waals surface area contributed by atoms with E-state index in [1.807, 2.05) is 30.3 Å². The summed E-state index contributed by atoms with van der Waals surface area (Å²) in [4.78, 5) is 19.9. The first-order valence-electron chi connectivity index (χ1n) is 5.72. The van der Waals surface area contributed by atoms with Crippen molar-refractivity contribution in [3.8, 4) is 22.5 Å². The van der Waals surface area contributed by atoms with Gasteiger partial charge in [-0.15, -0.1) is 0 Å². The molecule has 6 nitrogen and oxygen atoms in total. The molecule has 2 aliphatic rings. The van der Waals surface area contributed by atoms with E-state index in [2.05, 4.69) is 15.1 Å². The lowest BCUT2D eigenvalue weighted by atomic mass is 10.0. The highest BCUT2D eigenvalue weighted by Crippen LogP contribution is 2.27. The van der Waals surface area contributed by atoms with E-state index in [4.69, 9.17) is 5.73 Å². The number of benzene rings is 1. The maximum atomic E-state index is 12.1. The van der Waals surface area contributed by atoms with Crippen molar-refractivity contribution in [2.75, 3.05) is 5.73 Å². The summed E-state index contributed by atoms with van der Waals surface area (Å²) < 4.78 is 1.52. The van der Waals surface area contributed by atoms with Crippen LogP contribution in [-0.2, 0) is 7.05 Å². The van der Waals surface area contributed by atoms with E-state index in [1.54, 1.807) is 13.2 Å². The Morgan fingerprint density at radius 1 is 1.16 bits per heavy atom. The molecule has 19 heavy (non-hydrogen) atoms. The Bertz CT molecular complexity index is 766. The summed E-state index contributed by atoms with van der Waals surface area (Å²) in [6, 6.07) is 9.53. The van der Waals surface area contributed by atoms with E-state index < -0.39 is 0 Å². The molecule has 0 aliphatic carbocycles. The van der Waals surface area contributed by atoms with Gasteiger partial charge in [-0.2, -0.15) is 15.1 Å². The molecule has 1 aromatic carbocycles. The van der Waals surface area contributed by atoms with Crippen molar-refractivity contribution >= 4 is 5.95 Å². The highest BCUT2D eigenvalue weighted by Gasteiger charge is 2.19. The van der Waals surface area contributed by atoms with Gasteiger partial charge in [-0.3, -0.25) is 9.48 Å². The summed E-state index contributed by atoms with van der Waals surface area (Å²) in [5.41, 5.74) is 7.16. The van der Waals surface area contributed by atoms with Crippen LogP contribution >= 0.6 is 0 Å². The summed E-state index contributed by atoms with van der Waals surface area (Å²) in [6.07, 6.45) is 1.64. The number of aryl methyl sites for hydroxylation is 1. The number of aromatic nitrogens is 4. The summed E-state index contributed by atoms with van der Waals surface area (Å²) in [7, 11) is 1.71. The minimum atomic E-state index is -0.389. The first-order chi connectivity index (χ1) is 9.16. The molecular weight excluding hydrogens is 242 g/mol. The molecule has 0 saturated heterocycles. The lowest BCUT2D eigenvalue weighted by Crippen LogP contribution is -2.20. The van der Waals surface area contributed by atoms with Crippen molar-refractivity contribution < 1.29 is 0 Å². The van der Waals surface area contributed by atoms with Gasteiger partial charge >= 0.3 is 0 Å². The Morgan fingerprint density at radius 2 is 1.89 bits per heavy atom. The number of hydrogen-bond acceptors (Lipinski definition) is 5. The van der Waals surface area contributed by atoms with Crippen molar-refractivity contribution in [2.45, 2.75) is 0 Å². The van der Waals surface area contributed by atoms with Crippen LogP contribution in [0, 0.1) is 0 Å². The first-order valence-corrected chi connectivity index (χ1v) is 5.72. The van der Waals surface area contributed by atoms with Crippen molar-refractivity contribution in [3.05, 3.63) is 46.9 Å². The number of nitrogens with two attached hydrogens (primary N) is 1. The monoisotopic (exact) mass is 253 g/mol. The van der Waals surface area contributed by atoms with Crippen molar-refractivity contribution in [3.63, 3.8) is 0 Å². The fraction of sp³-hybridized carbons (Fsp3) is 0.0769. The van der Waals surface area contributed by atoms with Crippen LogP contribution in [0.5, 0.6) is 0 Å². The van der Waals surface area contributed by atoms with E-state index in [9.17, 15) is 4.79 Å². The third kappa shape index (κ3) is 1.83. The maximum Gasteiger partial charge on any atom is 0.284 e. The highest BCUT2D eigenvalue weighted by atomic mass is 16.1. The van der Waals surface area contributed by atoms with E-state index in [0.717, 1.165) is 5.56 Å². The van der Waals surface area contributed by atoms with Gasteiger partial charge in [-0.05, 0) is 5.56 Å². The second kappa shape index (κ2) is 4.16. The van der Waals surface area contributed by atoms with Gasteiger partial charge < -0.3 is 5.73 Å². The molecule has 2 heterocycles. The van der Waals surface area contributed by atoms with E-state index in [0.29, 0.717) is 17.0 Å². The predicted octanol–water partition coefficient (Wildman–Crippen LogP) is 0.924. The minimum Gasteiger partial charge on any atom is -0.368 e. The molecule has 0 spiro atoms. The molecule has 2 aliphatic heterocycles. The number of rotatable bonds is 1. The van der Waals surface area contributed by atoms with Crippen LogP contribution in [0.3, 0.4) is 0 Å². The average molecular weight is 253 g/mol. The largest absolute Gasteiger partial charge is 0.368 e. The third-order valence-electron chi connectivity index (χ3n) is 2.89. The van der Waals surface area contributed by atoms with Crippen LogP contribution in [-0.4, -0.2) is 19.7 Å². The summed E-state index contributed by atoms with van der Waals surface area (Å²) >= 11 is 0. The van der Waals surface area contributed by atoms with Crippen LogP contribution < -0.4 is 11.3 Å². The molecule has 94 valence electrons. The number of nitrogen functional groups attached to an aromatic ring is 1. The van der Waals surface area contributed by atoms with Crippen molar-refractivity contribution in [1.29, 1.82) is 0 Å². The fourth-order valence-electron chi connectivity index (χ4n) is 2.01. The van der Waals surface area contributed by atoms with E-state index in [1.165, 1.54) is 4.68 Å². The number of fused-ring (bicyclic) bond motifs is 1. The van der Waals surface area contributed by atoms with Gasteiger partial charge in [-0.1, -0.05) is 30.3 Å². The van der Waals surface area contributed by atoms with E-state index >= 15 is 0 Å². The molecule has 0 unspecified atom stereocenters. The SMILES string of the molecule is Cn1ncc(-c2ccccc2)c2c(=O)nc(N)nc1-2. The zero-order valence-electron chi connectivity index (χ0n) is 10.2. The lowest BCUT2D eigenvalue weighted by molar-refractivity contribution is 0.727. The Balaban J connectivity index is 2.40. The Hall–Kier alpha value is -2.76. The van der Waals surface area contributed by atoms with Crippen LogP contribution in [0.2, 0.25) is 0 Å². The van der Waals surface area contributed by atoms with Crippen molar-refractivity contribution in [1.82, 2.24) is 19.7 Å². The molecule has 0 aromatic heterocycles. The summed E-state index contributed by atoms with van der Waals surface area (Å²) in [6.45, 7) is 0. The number of hydrogen-bond donors (Lipinski definition) is 1. The number of nitrogens with zero attached hydrogens (tertiary/aromatic N) is 4. The maximum absolute atomic E-state index is 12.1. The molecule has 0 atom stereocenters. The van der Waals surface area contributed by atoms with Gasteiger partial charge in [0, 0.05) is 12.6 Å². The highest BCUT2D eigenvalue weighted by molar-refractivity contribution is 5.79. The molecule has 0 radical (unpaired) electrons. The smallest absolute Gasteiger partial charge is 0.284 e. The molecule has 0 saturated carbocycles. The lowest BCUT2D eigenvalue weighted by Gasteiger charge is -2.13. The predicted molar refractivity (Wildman–Crippen MR) is 71.5 cm³/mol. The Morgan fingerprint density at radius 3 is 2.63 bits per heavy atom. The van der Waals surface area contributed by atoms with Crippen LogP contribution in [0.1, 0.15) is 0 Å². The van der Waals surface area contributed by atoms with Crippen molar-refractivity contribution in [2.24, 2.45) is 7.05 Å². The fourth-order valence-corrected chi connectivity index (χ4v) is 2.01. The van der Waals surface area contributed by atoms with Gasteiger partial charge in [0.25, 0.3) is 5.56 Å². The molecule has 3 rings (SSSR count). The zero-order valence-corrected chi connectivity index (χ0v) is 10.2. The molecular formula is C13H11N5O. The average Bonchev–Trinajstić information content (AvgIpc) is 2.41. The normalized spacial score (nSPS) is 10.8. The van der Waals surface area contributed by atoms with Crippen LogP contribution in [0.4, 0.5) is 5.95 Å². The van der Waals surface area contributed by atoms with Gasteiger partial charge in [0.15, 0.2) is 5.82 Å². The topological polar surface area (TPSA) is 86.7 Å². The minimum absolute atomic E-state index is 0.0416. The molecule has 0 amide bonds. The molecule has 2 N–H and O–H groups in total. The zero-order chi connectivity index (χ0) is 13.4. The van der Waals surface area contributed by atoms with E-state index in [-0.39, 0.29) is 11.5 Å². The Labute approximate surface area is 108 Å². The van der Waals surface area contributed by atoms with Gasteiger partial charge in [0.1, 0.15) is 0 Å². The van der Waals surface area contributed by atoms with Crippen LogP contribution in [0.15, 0.2) is 41.3 Å². The van der Waals surface area contributed by atoms with Gasteiger partial charge in [-0.25, -0.2) is 0 Å². The second-order valence-corrected chi connectivity index (χ2v) is 4.13. The standard InChI is InChI=1S/C13H11N5O/c1-18-11-10(12(19)17-13(14)16-11)9(7-15-18)8-5-3-2-4-6-8/h2-7H,1H3,(H2,14,17,19).